The predicted octanol–water partition coefficient (Wildman–Crippen LogP) is 2.25. The van der Waals surface area contributed by atoms with E-state index < -0.39 is 0 Å². The van der Waals surface area contributed by atoms with E-state index in [2.05, 4.69) is 45.3 Å². The molecule has 0 bridgehead atoms. The summed E-state index contributed by atoms with van der Waals surface area (Å²) in [5.41, 5.74) is 1.12. The highest BCUT2D eigenvalue weighted by molar-refractivity contribution is 14.0. The number of piperazine rings is 1. The van der Waals surface area contributed by atoms with Gasteiger partial charge in [-0.2, -0.15) is 0 Å². The number of benzene rings is 1. The van der Waals surface area contributed by atoms with Gasteiger partial charge in [-0.3, -0.25) is 4.99 Å². The Morgan fingerprint density at radius 1 is 1.15 bits per heavy atom. The molecule has 0 aliphatic carbocycles. The molecule has 0 aromatic heterocycles. The first kappa shape index (κ1) is 24.0. The van der Waals surface area contributed by atoms with Crippen LogP contribution in [0, 0.1) is 5.92 Å². The molecule has 1 unspecified atom stereocenters. The second-order valence-corrected chi connectivity index (χ2v) is 6.96. The molecule has 0 radical (unpaired) electrons. The van der Waals surface area contributed by atoms with Crippen LogP contribution in [0.15, 0.2) is 29.3 Å². The van der Waals surface area contributed by atoms with E-state index in [1.807, 2.05) is 25.2 Å². The van der Waals surface area contributed by atoms with Crippen LogP contribution in [0.4, 0.5) is 0 Å². The summed E-state index contributed by atoms with van der Waals surface area (Å²) in [5.74, 6) is 2.31. The van der Waals surface area contributed by atoms with Crippen LogP contribution in [0.3, 0.4) is 0 Å². The number of ether oxygens (including phenoxy) is 1. The van der Waals surface area contributed by atoms with Crippen molar-refractivity contribution in [3.8, 4) is 5.75 Å². The fraction of sp³-hybridized carbons (Fsp3) is 0.650. The number of halogens is 1. The summed E-state index contributed by atoms with van der Waals surface area (Å²) >= 11 is 0. The minimum absolute atomic E-state index is 0. The lowest BCUT2D eigenvalue weighted by molar-refractivity contribution is 0.124. The van der Waals surface area contributed by atoms with Crippen LogP contribution >= 0.6 is 24.0 Å². The molecule has 2 N–H and O–H groups in total. The highest BCUT2D eigenvalue weighted by Gasteiger charge is 2.17. The number of aliphatic imine (C=N–C) groups is 1. The normalized spacial score (nSPS) is 17.1. The molecule has 7 heteroatoms. The Hall–Kier alpha value is -1.06. The molecule has 6 nitrogen and oxygen atoms in total. The first-order valence-electron chi connectivity index (χ1n) is 9.67. The van der Waals surface area contributed by atoms with Crippen molar-refractivity contribution in [3.63, 3.8) is 0 Å². The van der Waals surface area contributed by atoms with E-state index >= 15 is 0 Å². The highest BCUT2D eigenvalue weighted by Crippen LogP contribution is 2.16. The number of para-hydroxylation sites is 1. The van der Waals surface area contributed by atoms with Gasteiger partial charge in [-0.15, -0.1) is 24.0 Å². The number of nitrogens with one attached hydrogen (secondary N) is 2. The van der Waals surface area contributed by atoms with Crippen LogP contribution < -0.4 is 15.4 Å². The van der Waals surface area contributed by atoms with Crippen molar-refractivity contribution in [1.29, 1.82) is 0 Å². The van der Waals surface area contributed by atoms with Crippen LogP contribution in [0.2, 0.25) is 0 Å². The number of nitrogens with zero attached hydrogens (tertiary/aromatic N) is 3. The molecule has 2 rings (SSSR count). The van der Waals surface area contributed by atoms with E-state index in [9.17, 15) is 0 Å². The second-order valence-electron chi connectivity index (χ2n) is 6.96. The van der Waals surface area contributed by atoms with E-state index in [0.717, 1.165) is 30.4 Å². The van der Waals surface area contributed by atoms with Gasteiger partial charge < -0.3 is 25.2 Å². The monoisotopic (exact) mass is 489 g/mol. The average Bonchev–Trinajstić information content (AvgIpc) is 2.69. The van der Waals surface area contributed by atoms with Gasteiger partial charge in [-0.05, 0) is 18.5 Å². The minimum atomic E-state index is 0. The largest absolute Gasteiger partial charge is 0.496 e. The van der Waals surface area contributed by atoms with Crippen molar-refractivity contribution in [2.75, 3.05) is 60.0 Å². The lowest BCUT2D eigenvalue weighted by atomic mass is 10.1. The molecule has 1 aliphatic heterocycles. The van der Waals surface area contributed by atoms with Crippen LogP contribution in [0.5, 0.6) is 5.75 Å². The number of likely N-dealkylation sites (N-methyl/N-ethyl adjacent to an activating group) is 1. The molecule has 1 atom stereocenters. The third-order valence-electron chi connectivity index (χ3n) is 4.96. The maximum absolute atomic E-state index is 5.40. The fourth-order valence-electron chi connectivity index (χ4n) is 3.31. The molecule has 0 saturated carbocycles. The first-order chi connectivity index (χ1) is 12.7. The summed E-state index contributed by atoms with van der Waals surface area (Å²) < 4.78 is 5.40. The van der Waals surface area contributed by atoms with Gasteiger partial charge in [0.1, 0.15) is 5.75 Å². The number of hydrogen-bond donors (Lipinski definition) is 2. The molecule has 154 valence electrons. The van der Waals surface area contributed by atoms with E-state index in [4.69, 9.17) is 4.74 Å². The molecule has 1 fully saturated rings. The Balaban J connectivity index is 0.00000364. The molecule has 1 aromatic rings. The van der Waals surface area contributed by atoms with Crippen molar-refractivity contribution in [3.05, 3.63) is 29.8 Å². The van der Waals surface area contributed by atoms with Crippen LogP contribution in [-0.2, 0) is 6.54 Å². The van der Waals surface area contributed by atoms with Gasteiger partial charge in [0, 0.05) is 58.4 Å². The van der Waals surface area contributed by atoms with Crippen LogP contribution in [0.25, 0.3) is 0 Å². The summed E-state index contributed by atoms with van der Waals surface area (Å²) in [7, 11) is 3.51. The molecular formula is C20H36IN5O. The van der Waals surface area contributed by atoms with Crippen LogP contribution in [-0.4, -0.2) is 75.7 Å². The van der Waals surface area contributed by atoms with Gasteiger partial charge in [0.2, 0.25) is 0 Å². The number of rotatable bonds is 8. The third kappa shape index (κ3) is 8.23. The Morgan fingerprint density at radius 3 is 2.44 bits per heavy atom. The van der Waals surface area contributed by atoms with Gasteiger partial charge in [0.25, 0.3) is 0 Å². The number of methoxy groups -OCH3 is 1. The second kappa shape index (κ2) is 13.2. The summed E-state index contributed by atoms with van der Waals surface area (Å²) in [5, 5.41) is 6.82. The molecule has 27 heavy (non-hydrogen) atoms. The van der Waals surface area contributed by atoms with E-state index in [1.165, 1.54) is 32.7 Å². The topological polar surface area (TPSA) is 52.1 Å². The number of guanidine groups is 1. The van der Waals surface area contributed by atoms with Crippen molar-refractivity contribution in [2.24, 2.45) is 10.9 Å². The lowest BCUT2D eigenvalue weighted by Gasteiger charge is -2.35. The summed E-state index contributed by atoms with van der Waals surface area (Å²) in [4.78, 5) is 9.42. The third-order valence-corrected chi connectivity index (χ3v) is 4.96. The van der Waals surface area contributed by atoms with Gasteiger partial charge in [-0.1, -0.05) is 32.0 Å². The van der Waals surface area contributed by atoms with Gasteiger partial charge in [0.15, 0.2) is 5.96 Å². The molecule has 0 amide bonds. The SMILES string of the molecule is CCN1CCN(CC(C)CNC(=NC)NCc2ccccc2OC)CC1.I. The van der Waals surface area contributed by atoms with E-state index in [-0.39, 0.29) is 24.0 Å². The predicted molar refractivity (Wildman–Crippen MR) is 124 cm³/mol. The number of hydrogen-bond acceptors (Lipinski definition) is 4. The Kier molecular flexibility index (Phi) is 11.7. The maximum atomic E-state index is 5.40. The van der Waals surface area contributed by atoms with Crippen molar-refractivity contribution in [1.82, 2.24) is 20.4 Å². The van der Waals surface area contributed by atoms with Gasteiger partial charge in [0.05, 0.1) is 7.11 Å². The zero-order chi connectivity index (χ0) is 18.8. The zero-order valence-corrected chi connectivity index (χ0v) is 19.5. The highest BCUT2D eigenvalue weighted by atomic mass is 127. The van der Waals surface area contributed by atoms with Crippen LogP contribution in [0.1, 0.15) is 19.4 Å². The summed E-state index contributed by atoms with van der Waals surface area (Å²) in [6.07, 6.45) is 0. The summed E-state index contributed by atoms with van der Waals surface area (Å²) in [6, 6.07) is 8.05. The van der Waals surface area contributed by atoms with Crippen molar-refractivity contribution in [2.45, 2.75) is 20.4 Å². The Labute approximate surface area is 181 Å². The van der Waals surface area contributed by atoms with E-state index in [1.54, 1.807) is 7.11 Å². The minimum Gasteiger partial charge on any atom is -0.496 e. The van der Waals surface area contributed by atoms with Crippen molar-refractivity contribution < 1.29 is 4.74 Å². The molecule has 1 aliphatic rings. The van der Waals surface area contributed by atoms with Crippen molar-refractivity contribution >= 4 is 29.9 Å². The average molecular weight is 489 g/mol. The Bertz CT molecular complexity index is 561. The standard InChI is InChI=1S/C20H35N5O.HI/c1-5-24-10-12-25(13-11-24)16-17(2)14-22-20(21-3)23-15-18-8-6-7-9-19(18)26-4;/h6-9,17H,5,10-16H2,1-4H3,(H2,21,22,23);1H. The quantitative estimate of drug-likeness (QED) is 0.334. The van der Waals surface area contributed by atoms with Gasteiger partial charge in [-0.25, -0.2) is 0 Å². The first-order valence-corrected chi connectivity index (χ1v) is 9.67. The van der Waals surface area contributed by atoms with Gasteiger partial charge >= 0.3 is 0 Å². The Morgan fingerprint density at radius 2 is 1.81 bits per heavy atom. The lowest BCUT2D eigenvalue weighted by Crippen LogP contribution is -2.48. The smallest absolute Gasteiger partial charge is 0.191 e. The molecule has 0 spiro atoms. The molecule has 1 aromatic carbocycles. The maximum Gasteiger partial charge on any atom is 0.191 e. The van der Waals surface area contributed by atoms with E-state index in [0.29, 0.717) is 12.5 Å². The summed E-state index contributed by atoms with van der Waals surface area (Å²) in [6.45, 7) is 13.2. The molecule has 1 heterocycles. The fourth-order valence-corrected chi connectivity index (χ4v) is 3.31. The molecular weight excluding hydrogens is 453 g/mol. The molecule has 1 saturated heterocycles. The zero-order valence-electron chi connectivity index (χ0n) is 17.2.